The summed E-state index contributed by atoms with van der Waals surface area (Å²) in [5, 5.41) is 9.68. The Labute approximate surface area is 123 Å². The maximum Gasteiger partial charge on any atom is 0.244 e. The van der Waals surface area contributed by atoms with E-state index in [0.29, 0.717) is 0 Å². The normalized spacial score (nSPS) is 28.5. The van der Waals surface area contributed by atoms with Gasteiger partial charge in [0, 0.05) is 0 Å². The lowest BCUT2D eigenvalue weighted by Gasteiger charge is -2.57. The van der Waals surface area contributed by atoms with Crippen molar-refractivity contribution in [2.75, 3.05) is 6.61 Å². The Kier molecular flexibility index (Phi) is 2.67. The van der Waals surface area contributed by atoms with Crippen LogP contribution in [0.1, 0.15) is 11.1 Å². The van der Waals surface area contributed by atoms with Crippen molar-refractivity contribution in [1.82, 2.24) is 0 Å². The molecule has 2 unspecified atom stereocenters. The predicted octanol–water partition coefficient (Wildman–Crippen LogP) is 2.81. The monoisotopic (exact) mass is 280 g/mol. The quantitative estimate of drug-likeness (QED) is 0.939. The smallest absolute Gasteiger partial charge is 0.244 e. The molecule has 0 aromatic heterocycles. The topological polar surface area (TPSA) is 38.7 Å². The second kappa shape index (κ2) is 4.45. The van der Waals surface area contributed by atoms with Gasteiger partial charge in [0.15, 0.2) is 0 Å². The van der Waals surface area contributed by atoms with E-state index < -0.39 is 11.4 Å². The second-order valence-corrected chi connectivity index (χ2v) is 5.46. The van der Waals surface area contributed by atoms with Gasteiger partial charge in [-0.2, -0.15) is 0 Å². The highest BCUT2D eigenvalue weighted by Crippen LogP contribution is 2.60. The van der Waals surface area contributed by atoms with Crippen LogP contribution in [-0.4, -0.2) is 17.5 Å². The molecule has 2 aromatic carbocycles. The van der Waals surface area contributed by atoms with Crippen LogP contribution in [0.4, 0.5) is 0 Å². The van der Waals surface area contributed by atoms with Crippen LogP contribution in [0.2, 0.25) is 0 Å². The lowest BCUT2D eigenvalue weighted by molar-refractivity contribution is -0.391. The Bertz CT molecular complexity index is 626. The molecule has 0 bridgehead atoms. The number of fused-ring (bicyclic) bond motifs is 1. The summed E-state index contributed by atoms with van der Waals surface area (Å²) in [5.74, 6) is -0.981. The molecule has 1 saturated heterocycles. The molecule has 4 rings (SSSR count). The first-order valence-electron chi connectivity index (χ1n) is 7.08. The van der Waals surface area contributed by atoms with E-state index in [2.05, 4.69) is 24.3 Å². The van der Waals surface area contributed by atoms with Crippen LogP contribution in [-0.2, 0) is 15.1 Å². The fraction of sp³-hybridized carbons (Fsp3) is 0.222. The number of hydrogen-bond acceptors (Lipinski definition) is 3. The molecule has 3 nitrogen and oxygen atoms in total. The molecule has 1 N–H and O–H groups in total. The van der Waals surface area contributed by atoms with E-state index >= 15 is 0 Å². The zero-order chi connectivity index (χ0) is 14.3. The second-order valence-electron chi connectivity index (χ2n) is 5.46. The third kappa shape index (κ3) is 1.56. The highest BCUT2D eigenvalue weighted by molar-refractivity contribution is 5.44. The molecule has 2 atom stereocenters. The minimum atomic E-state index is -0.939. The highest BCUT2D eigenvalue weighted by atomic mass is 16.7. The van der Waals surface area contributed by atoms with Crippen molar-refractivity contribution in [1.29, 1.82) is 0 Å². The lowest BCUT2D eigenvalue weighted by Crippen LogP contribution is -2.67. The molecule has 0 radical (unpaired) electrons. The highest BCUT2D eigenvalue weighted by Gasteiger charge is 2.69. The molecular formula is C18H16O3. The molecule has 2 heterocycles. The van der Waals surface area contributed by atoms with Gasteiger partial charge in [-0.05, 0) is 17.2 Å². The lowest BCUT2D eigenvalue weighted by atomic mass is 9.67. The minimum absolute atomic E-state index is 0.0419. The molecule has 0 saturated carbocycles. The van der Waals surface area contributed by atoms with E-state index in [1.54, 1.807) is 6.26 Å². The molecule has 2 aliphatic heterocycles. The van der Waals surface area contributed by atoms with Gasteiger partial charge in [-0.25, -0.2) is 0 Å². The Balaban J connectivity index is 1.88. The molecule has 2 aromatic rings. The zero-order valence-electron chi connectivity index (χ0n) is 11.5. The maximum absolute atomic E-state index is 9.68. The Morgan fingerprint density at radius 1 is 0.905 bits per heavy atom. The van der Waals surface area contributed by atoms with Gasteiger partial charge in [0.2, 0.25) is 5.79 Å². The largest absolute Gasteiger partial charge is 0.467 e. The summed E-state index contributed by atoms with van der Waals surface area (Å²) in [7, 11) is 0. The van der Waals surface area contributed by atoms with Crippen molar-refractivity contribution in [3.8, 4) is 0 Å². The summed E-state index contributed by atoms with van der Waals surface area (Å²) in [4.78, 5) is 0. The predicted molar refractivity (Wildman–Crippen MR) is 78.3 cm³/mol. The van der Waals surface area contributed by atoms with E-state index in [0.717, 1.165) is 11.1 Å². The number of ether oxygens (including phenoxy) is 2. The van der Waals surface area contributed by atoms with E-state index in [-0.39, 0.29) is 12.5 Å². The first-order chi connectivity index (χ1) is 10.3. The van der Waals surface area contributed by atoms with E-state index in [9.17, 15) is 5.11 Å². The van der Waals surface area contributed by atoms with Crippen molar-refractivity contribution < 1.29 is 14.6 Å². The third-order valence-electron chi connectivity index (χ3n) is 4.41. The fourth-order valence-electron chi connectivity index (χ4n) is 3.45. The molecule has 2 aliphatic rings. The summed E-state index contributed by atoms with van der Waals surface area (Å²) in [6, 6.07) is 20.2. The van der Waals surface area contributed by atoms with Crippen molar-refractivity contribution in [2.45, 2.75) is 11.4 Å². The van der Waals surface area contributed by atoms with Gasteiger partial charge < -0.3 is 14.6 Å². The van der Waals surface area contributed by atoms with Crippen LogP contribution >= 0.6 is 0 Å². The van der Waals surface area contributed by atoms with Crippen molar-refractivity contribution in [2.24, 2.45) is 5.92 Å². The van der Waals surface area contributed by atoms with Crippen molar-refractivity contribution >= 4 is 0 Å². The van der Waals surface area contributed by atoms with Crippen LogP contribution in [0.25, 0.3) is 0 Å². The van der Waals surface area contributed by atoms with Crippen LogP contribution < -0.4 is 0 Å². The molecular weight excluding hydrogens is 264 g/mol. The van der Waals surface area contributed by atoms with Gasteiger partial charge >= 0.3 is 0 Å². The van der Waals surface area contributed by atoms with Gasteiger partial charge in [0.05, 0.1) is 12.2 Å². The van der Waals surface area contributed by atoms with E-state index in [4.69, 9.17) is 9.47 Å². The summed E-state index contributed by atoms with van der Waals surface area (Å²) in [6.07, 6.45) is 3.62. The molecule has 106 valence electrons. The van der Waals surface area contributed by atoms with Crippen LogP contribution in [0.5, 0.6) is 0 Å². The summed E-state index contributed by atoms with van der Waals surface area (Å²) < 4.78 is 11.8. The molecule has 0 aliphatic carbocycles. The summed E-state index contributed by atoms with van der Waals surface area (Å²) >= 11 is 0. The average Bonchev–Trinajstić information content (AvgIpc) is 2.89. The standard InChI is InChI=1S/C18H16O3/c19-13-17-16(11-12-20-17)18(21-17,14-7-3-1-4-8-14)15-9-5-2-6-10-15/h1-12,16,19H,13H2. The molecule has 21 heavy (non-hydrogen) atoms. The zero-order valence-corrected chi connectivity index (χ0v) is 11.5. The summed E-state index contributed by atoms with van der Waals surface area (Å²) in [6.45, 7) is -0.161. The third-order valence-corrected chi connectivity index (χ3v) is 4.41. The van der Waals surface area contributed by atoms with Crippen LogP contribution in [0.3, 0.4) is 0 Å². The number of benzene rings is 2. The number of aliphatic hydroxyl groups is 1. The molecule has 3 heteroatoms. The first-order valence-corrected chi connectivity index (χ1v) is 7.08. The number of hydrogen-bond donors (Lipinski definition) is 1. The first kappa shape index (κ1) is 12.6. The maximum atomic E-state index is 9.68. The van der Waals surface area contributed by atoms with E-state index in [1.165, 1.54) is 0 Å². The van der Waals surface area contributed by atoms with Gasteiger partial charge in [-0.1, -0.05) is 60.7 Å². The van der Waals surface area contributed by atoms with Crippen LogP contribution in [0.15, 0.2) is 73.0 Å². The number of aliphatic hydroxyl groups excluding tert-OH is 1. The fourth-order valence-corrected chi connectivity index (χ4v) is 3.45. The van der Waals surface area contributed by atoms with E-state index in [1.807, 2.05) is 42.5 Å². The minimum Gasteiger partial charge on any atom is -0.467 e. The number of rotatable bonds is 3. The average molecular weight is 280 g/mol. The Hall–Kier alpha value is -2.10. The van der Waals surface area contributed by atoms with Crippen LogP contribution in [0, 0.1) is 5.92 Å². The van der Waals surface area contributed by atoms with Gasteiger partial charge in [-0.15, -0.1) is 0 Å². The Morgan fingerprint density at radius 3 is 2.00 bits per heavy atom. The Morgan fingerprint density at radius 2 is 1.48 bits per heavy atom. The van der Waals surface area contributed by atoms with Gasteiger partial charge in [-0.3, -0.25) is 0 Å². The SMILES string of the molecule is OCC12OC=CC1C(c1ccccc1)(c1ccccc1)O2. The van der Waals surface area contributed by atoms with Gasteiger partial charge in [0.1, 0.15) is 12.2 Å². The molecule has 1 fully saturated rings. The van der Waals surface area contributed by atoms with Crippen molar-refractivity contribution in [3.63, 3.8) is 0 Å². The van der Waals surface area contributed by atoms with Crippen molar-refractivity contribution in [3.05, 3.63) is 84.1 Å². The summed E-state index contributed by atoms with van der Waals surface area (Å²) in [5.41, 5.74) is 1.54. The van der Waals surface area contributed by atoms with Gasteiger partial charge in [0.25, 0.3) is 0 Å². The molecule has 0 amide bonds. The molecule has 0 spiro atoms.